The summed E-state index contributed by atoms with van der Waals surface area (Å²) in [4.78, 5) is 4.55. The number of aromatic nitrogens is 2. The van der Waals surface area contributed by atoms with E-state index in [1.807, 2.05) is 23.9 Å². The molecular weight excluding hydrogens is 320 g/mol. The van der Waals surface area contributed by atoms with Crippen LogP contribution in [-0.4, -0.2) is 21.6 Å². The lowest BCUT2D eigenvalue weighted by Gasteiger charge is -2.07. The number of fused-ring (bicyclic) bond motifs is 1. The van der Waals surface area contributed by atoms with Crippen molar-refractivity contribution in [2.24, 2.45) is 0 Å². The van der Waals surface area contributed by atoms with Crippen LogP contribution in [-0.2, 0) is 12.4 Å². The van der Waals surface area contributed by atoms with Gasteiger partial charge in [0.25, 0.3) is 0 Å². The minimum absolute atomic E-state index is 0.464. The molecule has 0 saturated heterocycles. The Balaban J connectivity index is 2.38. The predicted molar refractivity (Wildman–Crippen MR) is 80.0 cm³/mol. The van der Waals surface area contributed by atoms with Crippen LogP contribution < -0.4 is 0 Å². The summed E-state index contributed by atoms with van der Waals surface area (Å²) < 4.78 is 3.31. The van der Waals surface area contributed by atoms with Crippen molar-refractivity contribution in [3.63, 3.8) is 0 Å². The molecule has 2 rings (SSSR count). The van der Waals surface area contributed by atoms with Crippen molar-refractivity contribution in [2.75, 3.05) is 12.0 Å². The third kappa shape index (κ3) is 2.98. The second kappa shape index (κ2) is 6.12. The summed E-state index contributed by atoms with van der Waals surface area (Å²) in [7, 11) is 0. The molecule has 0 fully saturated rings. The van der Waals surface area contributed by atoms with E-state index in [1.165, 1.54) is 0 Å². The van der Waals surface area contributed by atoms with Gasteiger partial charge in [-0.3, -0.25) is 0 Å². The van der Waals surface area contributed by atoms with Gasteiger partial charge in [0.15, 0.2) is 0 Å². The van der Waals surface area contributed by atoms with Crippen molar-refractivity contribution in [2.45, 2.75) is 18.8 Å². The molecule has 0 aliphatic heterocycles. The number of halogens is 2. The van der Waals surface area contributed by atoms with Crippen molar-refractivity contribution in [1.82, 2.24) is 9.55 Å². The highest BCUT2D eigenvalue weighted by atomic mass is 79.9. The molecule has 0 atom stereocenters. The normalized spacial score (nSPS) is 11.2. The van der Waals surface area contributed by atoms with E-state index in [0.717, 1.165) is 40.0 Å². The van der Waals surface area contributed by atoms with Gasteiger partial charge in [0, 0.05) is 11.0 Å². The van der Waals surface area contributed by atoms with Crippen molar-refractivity contribution in [3.8, 4) is 0 Å². The summed E-state index contributed by atoms with van der Waals surface area (Å²) in [5.74, 6) is 2.59. The van der Waals surface area contributed by atoms with Crippen LogP contribution in [0, 0.1) is 0 Å². The standard InChI is InChI=1S/C12H14BrClN2S/c1-17-6-2-5-16-11-7-9(13)3-4-10(11)15-12(16)8-14/h3-4,7H,2,5-6,8H2,1H3. The van der Waals surface area contributed by atoms with Gasteiger partial charge in [-0.15, -0.1) is 11.6 Å². The van der Waals surface area contributed by atoms with Gasteiger partial charge in [0.05, 0.1) is 16.9 Å². The van der Waals surface area contributed by atoms with Gasteiger partial charge < -0.3 is 4.57 Å². The molecule has 0 unspecified atom stereocenters. The molecule has 0 saturated carbocycles. The van der Waals surface area contributed by atoms with Crippen LogP contribution in [0.5, 0.6) is 0 Å². The zero-order valence-corrected chi connectivity index (χ0v) is 12.8. The fourth-order valence-electron chi connectivity index (χ4n) is 1.86. The Hall–Kier alpha value is -0.190. The second-order valence-corrected chi connectivity index (χ2v) is 5.96. The fourth-order valence-corrected chi connectivity index (χ4v) is 2.84. The van der Waals surface area contributed by atoms with E-state index in [0.29, 0.717) is 5.88 Å². The first-order chi connectivity index (χ1) is 8.26. The molecule has 2 nitrogen and oxygen atoms in total. The van der Waals surface area contributed by atoms with Gasteiger partial charge in [0.2, 0.25) is 0 Å². The van der Waals surface area contributed by atoms with Crippen LogP contribution in [0.4, 0.5) is 0 Å². The minimum Gasteiger partial charge on any atom is -0.327 e. The Labute approximate surface area is 119 Å². The molecule has 0 bridgehead atoms. The third-order valence-corrected chi connectivity index (χ3v) is 4.07. The number of aryl methyl sites for hydroxylation is 1. The highest BCUT2D eigenvalue weighted by Crippen LogP contribution is 2.22. The molecular formula is C12H14BrClN2S. The smallest absolute Gasteiger partial charge is 0.124 e. The quantitative estimate of drug-likeness (QED) is 0.600. The first kappa shape index (κ1) is 13.2. The maximum atomic E-state index is 5.96. The Morgan fingerprint density at radius 2 is 2.29 bits per heavy atom. The monoisotopic (exact) mass is 332 g/mol. The molecule has 0 amide bonds. The van der Waals surface area contributed by atoms with E-state index in [2.05, 4.69) is 37.8 Å². The molecule has 1 heterocycles. The first-order valence-corrected chi connectivity index (χ1v) is 8.18. The molecule has 0 spiro atoms. The van der Waals surface area contributed by atoms with Gasteiger partial charge in [0.1, 0.15) is 5.82 Å². The Morgan fingerprint density at radius 3 is 3.00 bits per heavy atom. The van der Waals surface area contributed by atoms with E-state index in [-0.39, 0.29) is 0 Å². The number of hydrogen-bond donors (Lipinski definition) is 0. The van der Waals surface area contributed by atoms with Gasteiger partial charge in [-0.2, -0.15) is 11.8 Å². The lowest BCUT2D eigenvalue weighted by molar-refractivity contribution is 0.677. The van der Waals surface area contributed by atoms with Crippen molar-refractivity contribution in [1.29, 1.82) is 0 Å². The largest absolute Gasteiger partial charge is 0.327 e. The van der Waals surface area contributed by atoms with Gasteiger partial charge in [-0.25, -0.2) is 4.98 Å². The van der Waals surface area contributed by atoms with Crippen LogP contribution in [0.3, 0.4) is 0 Å². The fraction of sp³-hybridized carbons (Fsp3) is 0.417. The van der Waals surface area contributed by atoms with Gasteiger partial charge >= 0.3 is 0 Å². The summed E-state index contributed by atoms with van der Waals surface area (Å²) in [6.45, 7) is 0.982. The van der Waals surface area contributed by atoms with Crippen LogP contribution >= 0.6 is 39.3 Å². The Morgan fingerprint density at radius 1 is 1.47 bits per heavy atom. The lowest BCUT2D eigenvalue weighted by Crippen LogP contribution is -2.03. The minimum atomic E-state index is 0.464. The van der Waals surface area contributed by atoms with E-state index in [1.54, 1.807) is 0 Å². The number of thioether (sulfide) groups is 1. The summed E-state index contributed by atoms with van der Waals surface area (Å²) in [6, 6.07) is 6.15. The van der Waals surface area contributed by atoms with Crippen LogP contribution in [0.2, 0.25) is 0 Å². The number of benzene rings is 1. The van der Waals surface area contributed by atoms with Crippen LogP contribution in [0.25, 0.3) is 11.0 Å². The number of rotatable bonds is 5. The third-order valence-electron chi connectivity index (χ3n) is 2.64. The van der Waals surface area contributed by atoms with Crippen molar-refractivity contribution >= 4 is 50.3 Å². The maximum absolute atomic E-state index is 5.96. The zero-order valence-electron chi connectivity index (χ0n) is 9.62. The molecule has 92 valence electrons. The number of alkyl halides is 1. The number of nitrogens with zero attached hydrogens (tertiary/aromatic N) is 2. The topological polar surface area (TPSA) is 17.8 Å². The van der Waals surface area contributed by atoms with Gasteiger partial charge in [-0.1, -0.05) is 15.9 Å². The SMILES string of the molecule is CSCCCn1c(CCl)nc2ccc(Br)cc21. The van der Waals surface area contributed by atoms with Crippen molar-refractivity contribution < 1.29 is 0 Å². The molecule has 1 aromatic heterocycles. The van der Waals surface area contributed by atoms with Gasteiger partial charge in [-0.05, 0) is 36.6 Å². The van der Waals surface area contributed by atoms with E-state index in [9.17, 15) is 0 Å². The second-order valence-electron chi connectivity index (χ2n) is 3.79. The molecule has 0 N–H and O–H groups in total. The number of imidazole rings is 1. The van der Waals surface area contributed by atoms with E-state index in [4.69, 9.17) is 11.6 Å². The van der Waals surface area contributed by atoms with Crippen LogP contribution in [0.1, 0.15) is 12.2 Å². The van der Waals surface area contributed by atoms with Crippen LogP contribution in [0.15, 0.2) is 22.7 Å². The molecule has 0 aliphatic carbocycles. The summed E-state index contributed by atoms with van der Waals surface area (Å²) in [5, 5.41) is 0. The summed E-state index contributed by atoms with van der Waals surface area (Å²) in [5.41, 5.74) is 2.18. The zero-order chi connectivity index (χ0) is 12.3. The lowest BCUT2D eigenvalue weighted by atomic mass is 10.3. The van der Waals surface area contributed by atoms with Crippen molar-refractivity contribution in [3.05, 3.63) is 28.5 Å². The molecule has 1 aromatic carbocycles. The molecule has 0 aliphatic rings. The molecule has 2 aromatic rings. The summed E-state index contributed by atoms with van der Waals surface area (Å²) in [6.07, 6.45) is 3.27. The average molecular weight is 334 g/mol. The predicted octanol–water partition coefficient (Wildman–Crippen LogP) is 4.29. The molecule has 17 heavy (non-hydrogen) atoms. The highest BCUT2D eigenvalue weighted by molar-refractivity contribution is 9.10. The number of hydrogen-bond acceptors (Lipinski definition) is 2. The Bertz CT molecular complexity index is 512. The maximum Gasteiger partial charge on any atom is 0.124 e. The highest BCUT2D eigenvalue weighted by Gasteiger charge is 2.09. The summed E-state index contributed by atoms with van der Waals surface area (Å²) >= 11 is 11.3. The molecule has 5 heteroatoms. The molecule has 0 radical (unpaired) electrons. The van der Waals surface area contributed by atoms with E-state index >= 15 is 0 Å². The first-order valence-electron chi connectivity index (χ1n) is 5.46. The average Bonchev–Trinajstić information content (AvgIpc) is 2.67. The van der Waals surface area contributed by atoms with E-state index < -0.39 is 0 Å². The Kier molecular flexibility index (Phi) is 4.77.